The van der Waals surface area contributed by atoms with E-state index in [4.69, 9.17) is 10.00 Å². The molecule has 90 valence electrons. The van der Waals surface area contributed by atoms with Crippen LogP contribution in [0.25, 0.3) is 0 Å². The maximum absolute atomic E-state index is 13.6. The second-order valence-electron chi connectivity index (χ2n) is 3.63. The molecule has 0 saturated heterocycles. The first-order valence-electron chi connectivity index (χ1n) is 5.32. The maximum Gasteiger partial charge on any atom is 0.204 e. The van der Waals surface area contributed by atoms with Gasteiger partial charge in [-0.05, 0) is 18.2 Å². The van der Waals surface area contributed by atoms with E-state index < -0.39 is 5.82 Å². The number of para-hydroxylation sites is 1. The van der Waals surface area contributed by atoms with Crippen molar-refractivity contribution in [3.05, 3.63) is 53.8 Å². The van der Waals surface area contributed by atoms with E-state index in [1.807, 2.05) is 6.07 Å². The molecule has 2 rings (SSSR count). The molecule has 0 aromatic heterocycles. The predicted molar refractivity (Wildman–Crippen MR) is 63.9 cm³/mol. The third-order valence-electron chi connectivity index (χ3n) is 2.40. The summed E-state index contributed by atoms with van der Waals surface area (Å²) in [5.74, 6) is -0.840. The highest BCUT2D eigenvalue weighted by atomic mass is 19.1. The molecule has 18 heavy (non-hydrogen) atoms. The number of nitriles is 1. The second-order valence-corrected chi connectivity index (χ2v) is 3.63. The van der Waals surface area contributed by atoms with Crippen LogP contribution in [0.5, 0.6) is 17.2 Å². The zero-order valence-corrected chi connectivity index (χ0v) is 9.43. The molecule has 0 amide bonds. The summed E-state index contributed by atoms with van der Waals surface area (Å²) in [6.45, 7) is 0. The zero-order chi connectivity index (χ0) is 13.0. The Hall–Kier alpha value is -2.54. The van der Waals surface area contributed by atoms with Gasteiger partial charge in [-0.25, -0.2) is 4.39 Å². The van der Waals surface area contributed by atoms with Crippen molar-refractivity contribution < 1.29 is 14.2 Å². The van der Waals surface area contributed by atoms with Crippen molar-refractivity contribution in [1.82, 2.24) is 0 Å². The molecule has 0 aliphatic carbocycles. The van der Waals surface area contributed by atoms with Crippen LogP contribution in [0.4, 0.5) is 4.39 Å². The van der Waals surface area contributed by atoms with Gasteiger partial charge in [-0.3, -0.25) is 0 Å². The van der Waals surface area contributed by atoms with Crippen LogP contribution in [0.1, 0.15) is 5.56 Å². The van der Waals surface area contributed by atoms with Crippen LogP contribution in [-0.2, 0) is 6.42 Å². The SMILES string of the molecule is N#CCc1ccc(F)c(Oc2ccccc2)c1O. The minimum absolute atomic E-state index is 0.00272. The molecule has 0 unspecified atom stereocenters. The van der Waals surface area contributed by atoms with Gasteiger partial charge in [0.05, 0.1) is 12.5 Å². The van der Waals surface area contributed by atoms with Crippen molar-refractivity contribution in [2.45, 2.75) is 6.42 Å². The summed E-state index contributed by atoms with van der Waals surface area (Å²) in [6, 6.07) is 13.0. The Morgan fingerprint density at radius 1 is 1.17 bits per heavy atom. The quantitative estimate of drug-likeness (QED) is 0.898. The second kappa shape index (κ2) is 5.19. The molecule has 2 aromatic carbocycles. The number of ether oxygens (including phenoxy) is 1. The van der Waals surface area contributed by atoms with Gasteiger partial charge in [-0.15, -0.1) is 0 Å². The van der Waals surface area contributed by atoms with Crippen LogP contribution in [0.15, 0.2) is 42.5 Å². The fourth-order valence-corrected chi connectivity index (χ4v) is 1.52. The van der Waals surface area contributed by atoms with Crippen LogP contribution >= 0.6 is 0 Å². The molecule has 0 atom stereocenters. The molecule has 2 aromatic rings. The number of hydrogen-bond donors (Lipinski definition) is 1. The number of rotatable bonds is 3. The van der Waals surface area contributed by atoms with Crippen molar-refractivity contribution in [1.29, 1.82) is 5.26 Å². The van der Waals surface area contributed by atoms with Crippen LogP contribution < -0.4 is 4.74 Å². The van der Waals surface area contributed by atoms with E-state index in [2.05, 4.69) is 0 Å². The Morgan fingerprint density at radius 3 is 2.56 bits per heavy atom. The van der Waals surface area contributed by atoms with Crippen LogP contribution in [-0.4, -0.2) is 5.11 Å². The van der Waals surface area contributed by atoms with Gasteiger partial charge >= 0.3 is 0 Å². The van der Waals surface area contributed by atoms with E-state index in [-0.39, 0.29) is 17.9 Å². The van der Waals surface area contributed by atoms with Gasteiger partial charge in [-0.1, -0.05) is 24.3 Å². The van der Waals surface area contributed by atoms with Crippen LogP contribution in [0, 0.1) is 17.1 Å². The lowest BCUT2D eigenvalue weighted by Crippen LogP contribution is -1.92. The van der Waals surface area contributed by atoms with E-state index in [1.165, 1.54) is 12.1 Å². The molecule has 3 nitrogen and oxygen atoms in total. The lowest BCUT2D eigenvalue weighted by atomic mass is 10.1. The molecule has 1 N–H and O–H groups in total. The van der Waals surface area contributed by atoms with Gasteiger partial charge in [0, 0.05) is 5.56 Å². The zero-order valence-electron chi connectivity index (χ0n) is 9.43. The van der Waals surface area contributed by atoms with Gasteiger partial charge in [0.1, 0.15) is 5.75 Å². The third-order valence-corrected chi connectivity index (χ3v) is 2.40. The summed E-state index contributed by atoms with van der Waals surface area (Å²) in [4.78, 5) is 0. The average molecular weight is 243 g/mol. The third kappa shape index (κ3) is 2.41. The Labute approximate surface area is 104 Å². The number of aromatic hydroxyl groups is 1. The van der Waals surface area contributed by atoms with Crippen molar-refractivity contribution in [3.8, 4) is 23.3 Å². The van der Waals surface area contributed by atoms with Crippen molar-refractivity contribution in [3.63, 3.8) is 0 Å². The largest absolute Gasteiger partial charge is 0.504 e. The number of nitrogens with zero attached hydrogens (tertiary/aromatic N) is 1. The summed E-state index contributed by atoms with van der Waals surface area (Å²) in [7, 11) is 0. The fourth-order valence-electron chi connectivity index (χ4n) is 1.52. The summed E-state index contributed by atoms with van der Waals surface area (Å²) >= 11 is 0. The molecule has 0 aliphatic heterocycles. The predicted octanol–water partition coefficient (Wildman–Crippen LogP) is 3.39. The topological polar surface area (TPSA) is 53.2 Å². The highest BCUT2D eigenvalue weighted by Gasteiger charge is 2.14. The summed E-state index contributed by atoms with van der Waals surface area (Å²) in [6.07, 6.45) is -0.00272. The molecule has 0 heterocycles. The van der Waals surface area contributed by atoms with Crippen LogP contribution in [0.3, 0.4) is 0 Å². The lowest BCUT2D eigenvalue weighted by Gasteiger charge is -2.10. The number of phenolic OH excluding ortho intramolecular Hbond substituents is 1. The van der Waals surface area contributed by atoms with E-state index in [9.17, 15) is 9.50 Å². The van der Waals surface area contributed by atoms with Crippen molar-refractivity contribution in [2.24, 2.45) is 0 Å². The van der Waals surface area contributed by atoms with Gasteiger partial charge in [0.2, 0.25) is 5.75 Å². The summed E-state index contributed by atoms with van der Waals surface area (Å²) < 4.78 is 18.9. The van der Waals surface area contributed by atoms with Gasteiger partial charge < -0.3 is 9.84 Å². The minimum atomic E-state index is -0.668. The molecular weight excluding hydrogens is 233 g/mol. The van der Waals surface area contributed by atoms with E-state index in [0.717, 1.165) is 0 Å². The first kappa shape index (κ1) is 11.9. The normalized spacial score (nSPS) is 9.78. The molecule has 0 saturated carbocycles. The highest BCUT2D eigenvalue weighted by Crippen LogP contribution is 2.36. The molecule has 0 bridgehead atoms. The lowest BCUT2D eigenvalue weighted by molar-refractivity contribution is 0.385. The van der Waals surface area contributed by atoms with E-state index in [0.29, 0.717) is 11.3 Å². The maximum atomic E-state index is 13.6. The number of hydrogen-bond acceptors (Lipinski definition) is 3. The van der Waals surface area contributed by atoms with Crippen molar-refractivity contribution >= 4 is 0 Å². The Balaban J connectivity index is 2.38. The molecule has 0 fully saturated rings. The average Bonchev–Trinajstić information content (AvgIpc) is 2.39. The first-order valence-corrected chi connectivity index (χ1v) is 5.32. The number of benzene rings is 2. The molecule has 0 aliphatic rings. The molecule has 0 radical (unpaired) electrons. The monoisotopic (exact) mass is 243 g/mol. The van der Waals surface area contributed by atoms with Gasteiger partial charge in [0.25, 0.3) is 0 Å². The fraction of sp³-hybridized carbons (Fsp3) is 0.0714. The highest BCUT2D eigenvalue weighted by molar-refractivity contribution is 5.49. The molecular formula is C14H10FNO2. The number of halogens is 1. The first-order chi connectivity index (χ1) is 8.72. The molecule has 4 heteroatoms. The summed E-state index contributed by atoms with van der Waals surface area (Å²) in [5, 5.41) is 18.4. The number of phenols is 1. The Kier molecular flexibility index (Phi) is 3.44. The van der Waals surface area contributed by atoms with E-state index in [1.54, 1.807) is 30.3 Å². The Morgan fingerprint density at radius 2 is 1.89 bits per heavy atom. The molecule has 0 spiro atoms. The van der Waals surface area contributed by atoms with Gasteiger partial charge in [0.15, 0.2) is 11.6 Å². The summed E-state index contributed by atoms with van der Waals surface area (Å²) in [5.41, 5.74) is 0.338. The minimum Gasteiger partial charge on any atom is -0.504 e. The van der Waals surface area contributed by atoms with Gasteiger partial charge in [-0.2, -0.15) is 5.26 Å². The van der Waals surface area contributed by atoms with Crippen LogP contribution in [0.2, 0.25) is 0 Å². The Bertz CT molecular complexity index is 591. The standard InChI is InChI=1S/C14H10FNO2/c15-12-7-6-10(8-9-16)13(17)14(12)18-11-4-2-1-3-5-11/h1-7,17H,8H2. The smallest absolute Gasteiger partial charge is 0.204 e. The van der Waals surface area contributed by atoms with E-state index >= 15 is 0 Å². The van der Waals surface area contributed by atoms with Crippen molar-refractivity contribution in [2.75, 3.05) is 0 Å².